The fourth-order valence-electron chi connectivity index (χ4n) is 1.83. The van der Waals surface area contributed by atoms with Crippen LogP contribution in [0, 0.1) is 0 Å². The zero-order valence-electron chi connectivity index (χ0n) is 10.8. The van der Waals surface area contributed by atoms with Gasteiger partial charge in [0.1, 0.15) is 4.99 Å². The lowest BCUT2D eigenvalue weighted by molar-refractivity contribution is 0.103. The summed E-state index contributed by atoms with van der Waals surface area (Å²) < 4.78 is 0. The molecule has 0 aliphatic heterocycles. The van der Waals surface area contributed by atoms with Crippen LogP contribution in [0.25, 0.3) is 0 Å². The Balaban J connectivity index is 2.32. The van der Waals surface area contributed by atoms with Crippen molar-refractivity contribution in [3.8, 4) is 0 Å². The van der Waals surface area contributed by atoms with Crippen LogP contribution in [0.5, 0.6) is 0 Å². The highest BCUT2D eigenvalue weighted by atomic mass is 35.5. The molecule has 0 fully saturated rings. The molecule has 104 valence electrons. The molecule has 2 aromatic rings. The van der Waals surface area contributed by atoms with Crippen molar-refractivity contribution < 1.29 is 4.79 Å². The van der Waals surface area contributed by atoms with E-state index in [0.717, 1.165) is 12.0 Å². The molecule has 6 heteroatoms. The van der Waals surface area contributed by atoms with Gasteiger partial charge in [-0.3, -0.25) is 4.79 Å². The normalized spacial score (nSPS) is 10.3. The Morgan fingerprint density at radius 1 is 1.45 bits per heavy atom. The number of carbonyl (C=O) groups is 1. The molecule has 20 heavy (non-hydrogen) atoms. The molecular weight excluding hydrogens is 312 g/mol. The van der Waals surface area contributed by atoms with Gasteiger partial charge in [0.2, 0.25) is 0 Å². The van der Waals surface area contributed by atoms with Crippen molar-refractivity contribution in [3.63, 3.8) is 0 Å². The third-order valence-corrected chi connectivity index (χ3v) is 4.24. The third kappa shape index (κ3) is 3.17. The van der Waals surface area contributed by atoms with Crippen molar-refractivity contribution in [2.45, 2.75) is 13.3 Å². The van der Waals surface area contributed by atoms with E-state index in [1.807, 2.05) is 18.4 Å². The second kappa shape index (κ2) is 6.35. The van der Waals surface area contributed by atoms with E-state index in [0.29, 0.717) is 21.2 Å². The van der Waals surface area contributed by atoms with Gasteiger partial charge in [-0.2, -0.15) is 0 Å². The number of hydrogen-bond acceptors (Lipinski definition) is 3. The fraction of sp³-hybridized carbons (Fsp3) is 0.143. The van der Waals surface area contributed by atoms with Crippen LogP contribution in [0.1, 0.15) is 27.7 Å². The average molecular weight is 325 g/mol. The molecule has 0 aliphatic rings. The zero-order chi connectivity index (χ0) is 14.7. The van der Waals surface area contributed by atoms with Crippen molar-refractivity contribution in [2.24, 2.45) is 5.73 Å². The minimum Gasteiger partial charge on any atom is -0.389 e. The van der Waals surface area contributed by atoms with Crippen molar-refractivity contribution in [1.29, 1.82) is 0 Å². The van der Waals surface area contributed by atoms with Crippen LogP contribution in [0.4, 0.5) is 5.69 Å². The smallest absolute Gasteiger partial charge is 0.266 e. The Hall–Kier alpha value is -1.43. The summed E-state index contributed by atoms with van der Waals surface area (Å²) in [5.74, 6) is -0.170. The van der Waals surface area contributed by atoms with Gasteiger partial charge in [0.05, 0.1) is 10.6 Å². The number of benzene rings is 1. The first kappa shape index (κ1) is 15.0. The molecule has 1 aromatic heterocycles. The Morgan fingerprint density at radius 3 is 2.85 bits per heavy atom. The topological polar surface area (TPSA) is 55.1 Å². The quantitative estimate of drug-likeness (QED) is 0.840. The molecule has 0 unspecified atom stereocenters. The maximum absolute atomic E-state index is 12.3. The highest BCUT2D eigenvalue weighted by Crippen LogP contribution is 2.24. The average Bonchev–Trinajstić information content (AvgIpc) is 2.86. The second-order valence-corrected chi connectivity index (χ2v) is 5.93. The van der Waals surface area contributed by atoms with Crippen molar-refractivity contribution in [2.75, 3.05) is 5.32 Å². The minimum absolute atomic E-state index is 0.170. The lowest BCUT2D eigenvalue weighted by Gasteiger charge is -2.10. The first-order valence-electron chi connectivity index (χ1n) is 6.00. The largest absolute Gasteiger partial charge is 0.389 e. The Bertz CT molecular complexity index is 667. The first-order chi connectivity index (χ1) is 9.52. The maximum atomic E-state index is 12.3. The Labute approximate surface area is 131 Å². The van der Waals surface area contributed by atoms with Crippen LogP contribution in [0.15, 0.2) is 29.6 Å². The SMILES string of the molecule is CCc1ccsc1C(=O)Nc1cc(Cl)ccc1C(N)=S. The number of anilines is 1. The molecule has 2 rings (SSSR count). The van der Waals surface area contributed by atoms with Gasteiger partial charge < -0.3 is 11.1 Å². The molecular formula is C14H13ClN2OS2. The van der Waals surface area contributed by atoms with E-state index < -0.39 is 0 Å². The lowest BCUT2D eigenvalue weighted by atomic mass is 10.1. The summed E-state index contributed by atoms with van der Waals surface area (Å²) >= 11 is 12.3. The summed E-state index contributed by atoms with van der Waals surface area (Å²) in [6.07, 6.45) is 0.809. The predicted molar refractivity (Wildman–Crippen MR) is 89.0 cm³/mol. The maximum Gasteiger partial charge on any atom is 0.266 e. The molecule has 0 atom stereocenters. The molecule has 0 radical (unpaired) electrons. The second-order valence-electron chi connectivity index (χ2n) is 4.14. The van der Waals surface area contributed by atoms with Crippen LogP contribution in [-0.2, 0) is 6.42 Å². The fourth-order valence-corrected chi connectivity index (χ4v) is 3.07. The summed E-state index contributed by atoms with van der Waals surface area (Å²) in [4.78, 5) is 13.2. The molecule has 1 heterocycles. The molecule has 0 saturated heterocycles. The molecule has 0 saturated carbocycles. The number of thiocarbonyl (C=S) groups is 1. The van der Waals surface area contributed by atoms with Crippen LogP contribution >= 0.6 is 35.2 Å². The molecule has 0 bridgehead atoms. The van der Waals surface area contributed by atoms with Gasteiger partial charge in [0.15, 0.2) is 0 Å². The third-order valence-electron chi connectivity index (χ3n) is 2.83. The number of thiophene rings is 1. The van der Waals surface area contributed by atoms with E-state index in [1.54, 1.807) is 18.2 Å². The van der Waals surface area contributed by atoms with E-state index in [-0.39, 0.29) is 10.9 Å². The summed E-state index contributed by atoms with van der Waals surface area (Å²) in [7, 11) is 0. The van der Waals surface area contributed by atoms with Crippen molar-refractivity contribution >= 4 is 51.7 Å². The summed E-state index contributed by atoms with van der Waals surface area (Å²) in [6.45, 7) is 2.01. The van der Waals surface area contributed by atoms with Crippen molar-refractivity contribution in [1.82, 2.24) is 0 Å². The highest BCUT2D eigenvalue weighted by Gasteiger charge is 2.15. The summed E-state index contributed by atoms with van der Waals surface area (Å²) in [5, 5.41) is 5.25. The number of aryl methyl sites for hydroxylation is 1. The number of rotatable bonds is 4. The Kier molecular flexibility index (Phi) is 4.75. The van der Waals surface area contributed by atoms with E-state index in [4.69, 9.17) is 29.6 Å². The number of nitrogens with two attached hydrogens (primary N) is 1. The molecule has 1 aromatic carbocycles. The lowest BCUT2D eigenvalue weighted by Crippen LogP contribution is -2.17. The molecule has 1 amide bonds. The van der Waals surface area contributed by atoms with Gasteiger partial charge in [0.25, 0.3) is 5.91 Å². The number of hydrogen-bond donors (Lipinski definition) is 2. The zero-order valence-corrected chi connectivity index (χ0v) is 13.2. The van der Waals surface area contributed by atoms with E-state index >= 15 is 0 Å². The van der Waals surface area contributed by atoms with Crippen LogP contribution < -0.4 is 11.1 Å². The van der Waals surface area contributed by atoms with E-state index in [2.05, 4.69) is 5.32 Å². The van der Waals surface area contributed by atoms with E-state index in [1.165, 1.54) is 11.3 Å². The van der Waals surface area contributed by atoms with Crippen molar-refractivity contribution in [3.05, 3.63) is 50.7 Å². The molecule has 0 spiro atoms. The number of amides is 1. The number of nitrogens with one attached hydrogen (secondary N) is 1. The van der Waals surface area contributed by atoms with Gasteiger partial charge in [-0.25, -0.2) is 0 Å². The summed E-state index contributed by atoms with van der Waals surface area (Å²) in [5.41, 5.74) is 7.81. The van der Waals surface area contributed by atoms with Gasteiger partial charge in [-0.15, -0.1) is 11.3 Å². The minimum atomic E-state index is -0.170. The molecule has 3 N–H and O–H groups in total. The van der Waals surface area contributed by atoms with Crippen LogP contribution in [-0.4, -0.2) is 10.9 Å². The standard InChI is InChI=1S/C14H13ClN2OS2/c1-2-8-5-6-20-12(8)14(18)17-11-7-9(15)3-4-10(11)13(16)19/h3-7H,2H2,1H3,(H2,16,19)(H,17,18). The monoisotopic (exact) mass is 324 g/mol. The highest BCUT2D eigenvalue weighted by molar-refractivity contribution is 7.80. The van der Waals surface area contributed by atoms with Gasteiger partial charge in [-0.05, 0) is 41.6 Å². The number of halogens is 1. The predicted octanol–water partition coefficient (Wildman–Crippen LogP) is 3.85. The summed E-state index contributed by atoms with van der Waals surface area (Å²) in [6, 6.07) is 6.99. The molecule has 3 nitrogen and oxygen atoms in total. The molecule has 0 aliphatic carbocycles. The van der Waals surface area contributed by atoms with Gasteiger partial charge in [0, 0.05) is 10.6 Å². The Morgan fingerprint density at radius 2 is 2.20 bits per heavy atom. The first-order valence-corrected chi connectivity index (χ1v) is 7.66. The van der Waals surface area contributed by atoms with Gasteiger partial charge >= 0.3 is 0 Å². The van der Waals surface area contributed by atoms with E-state index in [9.17, 15) is 4.79 Å². The van der Waals surface area contributed by atoms with Gasteiger partial charge in [-0.1, -0.05) is 30.7 Å². The number of carbonyl (C=O) groups excluding carboxylic acids is 1. The van der Waals surface area contributed by atoms with Crippen LogP contribution in [0.2, 0.25) is 5.02 Å². The van der Waals surface area contributed by atoms with Crippen LogP contribution in [0.3, 0.4) is 0 Å².